The summed E-state index contributed by atoms with van der Waals surface area (Å²) in [5.41, 5.74) is 2.75. The van der Waals surface area contributed by atoms with E-state index in [0.717, 1.165) is 5.56 Å². The monoisotopic (exact) mass is 538 g/mol. The Bertz CT molecular complexity index is 1680. The molecule has 0 spiro atoms. The van der Waals surface area contributed by atoms with E-state index in [-0.39, 0.29) is 17.1 Å². The zero-order valence-corrected chi connectivity index (χ0v) is 21.9. The quantitative estimate of drug-likeness (QED) is 0.0865. The summed E-state index contributed by atoms with van der Waals surface area (Å²) >= 11 is 5.90. The highest BCUT2D eigenvalue weighted by atomic mass is 35.5. The number of ketones is 1. The zero-order valence-electron chi connectivity index (χ0n) is 21.1. The van der Waals surface area contributed by atoms with Crippen molar-refractivity contribution in [3.8, 4) is 28.6 Å². The average Bonchev–Trinajstić information content (AvgIpc) is 3.36. The van der Waals surface area contributed by atoms with E-state index < -0.39 is 5.97 Å². The van der Waals surface area contributed by atoms with Crippen molar-refractivity contribution in [2.45, 2.75) is 0 Å². The second kappa shape index (κ2) is 11.3. The van der Waals surface area contributed by atoms with E-state index >= 15 is 0 Å². The van der Waals surface area contributed by atoms with Crippen molar-refractivity contribution in [1.82, 2.24) is 0 Å². The first-order valence-electron chi connectivity index (χ1n) is 12.0. The highest BCUT2D eigenvalue weighted by Gasteiger charge is 2.25. The fraction of sp³-hybridized carbons (Fsp3) is 0.0625. The predicted octanol–water partition coefficient (Wildman–Crippen LogP) is 7.89. The fourth-order valence-electron chi connectivity index (χ4n) is 4.10. The van der Waals surface area contributed by atoms with E-state index in [1.54, 1.807) is 73.8 Å². The van der Waals surface area contributed by atoms with Gasteiger partial charge < -0.3 is 18.6 Å². The second-order valence-corrected chi connectivity index (χ2v) is 8.98. The molecule has 0 radical (unpaired) electrons. The highest BCUT2D eigenvalue weighted by Crippen LogP contribution is 2.37. The summed E-state index contributed by atoms with van der Waals surface area (Å²) in [5.74, 6) is 0.746. The number of esters is 1. The Morgan fingerprint density at radius 2 is 1.59 bits per heavy atom. The molecule has 6 nitrogen and oxygen atoms in total. The Morgan fingerprint density at radius 3 is 2.31 bits per heavy atom. The van der Waals surface area contributed by atoms with Gasteiger partial charge in [0.2, 0.25) is 0 Å². The van der Waals surface area contributed by atoms with E-state index in [9.17, 15) is 9.59 Å². The number of fused-ring (bicyclic) bond motifs is 1. The van der Waals surface area contributed by atoms with Crippen molar-refractivity contribution in [2.24, 2.45) is 0 Å². The molecule has 1 aromatic heterocycles. The van der Waals surface area contributed by atoms with Crippen molar-refractivity contribution >= 4 is 40.4 Å². The number of rotatable bonds is 8. The van der Waals surface area contributed by atoms with Crippen LogP contribution in [0, 0.1) is 0 Å². The molecule has 0 fully saturated rings. The van der Waals surface area contributed by atoms with Gasteiger partial charge in [-0.3, -0.25) is 4.79 Å². The molecule has 39 heavy (non-hydrogen) atoms. The van der Waals surface area contributed by atoms with Crippen LogP contribution in [-0.2, 0) is 0 Å². The molecule has 5 aromatic rings. The van der Waals surface area contributed by atoms with Crippen LogP contribution in [0.3, 0.4) is 0 Å². The topological polar surface area (TPSA) is 75.0 Å². The second-order valence-electron chi connectivity index (χ2n) is 8.54. The van der Waals surface area contributed by atoms with E-state index in [1.807, 2.05) is 30.3 Å². The lowest BCUT2D eigenvalue weighted by molar-refractivity contribution is 0.0731. The summed E-state index contributed by atoms with van der Waals surface area (Å²) in [6, 6.07) is 26.3. The van der Waals surface area contributed by atoms with E-state index in [1.165, 1.54) is 13.2 Å². The van der Waals surface area contributed by atoms with E-state index in [4.69, 9.17) is 30.2 Å². The molecule has 0 atom stereocenters. The van der Waals surface area contributed by atoms with Gasteiger partial charge in [0.15, 0.2) is 17.3 Å². The molecule has 0 N–H and O–H groups in total. The van der Waals surface area contributed by atoms with Crippen LogP contribution in [0.25, 0.3) is 28.4 Å². The Morgan fingerprint density at radius 1 is 0.821 bits per heavy atom. The van der Waals surface area contributed by atoms with Crippen LogP contribution >= 0.6 is 11.6 Å². The molecule has 0 unspecified atom stereocenters. The lowest BCUT2D eigenvalue weighted by Gasteiger charge is -2.10. The minimum absolute atomic E-state index is 0.170. The first kappa shape index (κ1) is 25.8. The Kier molecular flexibility index (Phi) is 7.48. The van der Waals surface area contributed by atoms with Gasteiger partial charge in [0.1, 0.15) is 22.7 Å². The lowest BCUT2D eigenvalue weighted by atomic mass is 10.1. The van der Waals surface area contributed by atoms with Gasteiger partial charge in [0.25, 0.3) is 0 Å². The molecule has 0 aliphatic rings. The number of furan rings is 1. The number of halogens is 1. The third-order valence-corrected chi connectivity index (χ3v) is 6.33. The Hall–Kier alpha value is -4.81. The minimum Gasteiger partial charge on any atom is -0.497 e. The summed E-state index contributed by atoms with van der Waals surface area (Å²) in [6.07, 6.45) is 3.12. The van der Waals surface area contributed by atoms with E-state index in [2.05, 4.69) is 0 Å². The molecular weight excluding hydrogens is 516 g/mol. The van der Waals surface area contributed by atoms with Crippen LogP contribution in [0.2, 0.25) is 5.02 Å². The molecule has 5 rings (SSSR count). The van der Waals surface area contributed by atoms with Gasteiger partial charge in [-0.05, 0) is 66.2 Å². The number of carbonyl (C=O) groups is 2. The van der Waals surface area contributed by atoms with Crippen molar-refractivity contribution in [1.29, 1.82) is 0 Å². The molecule has 4 aromatic carbocycles. The summed E-state index contributed by atoms with van der Waals surface area (Å²) < 4.78 is 22.8. The van der Waals surface area contributed by atoms with Gasteiger partial charge in [-0.15, -0.1) is 0 Å². The number of hydrogen-bond donors (Lipinski definition) is 0. The molecule has 7 heteroatoms. The standard InChI is InChI=1S/C32H23ClO6/c1-36-24-14-17-27-25(19-24)30(31(38-27)22-6-4-3-5-7-22)32(35)39-28-16-9-20(18-29(28)37-2)8-15-26(34)21-10-12-23(33)13-11-21/h3-19H,1-2H3/b15-8+. The largest absolute Gasteiger partial charge is 0.497 e. The fourth-order valence-corrected chi connectivity index (χ4v) is 4.23. The summed E-state index contributed by atoms with van der Waals surface area (Å²) in [4.78, 5) is 26.1. The third-order valence-electron chi connectivity index (χ3n) is 6.08. The first-order valence-corrected chi connectivity index (χ1v) is 12.4. The molecule has 1 heterocycles. The number of allylic oxidation sites excluding steroid dienone is 1. The maximum atomic E-state index is 13.6. The molecule has 0 aliphatic heterocycles. The zero-order chi connectivity index (χ0) is 27.4. The van der Waals surface area contributed by atoms with Crippen LogP contribution in [0.4, 0.5) is 0 Å². The van der Waals surface area contributed by atoms with Crippen molar-refractivity contribution in [3.05, 3.63) is 119 Å². The van der Waals surface area contributed by atoms with Gasteiger partial charge in [0.05, 0.1) is 14.2 Å². The molecule has 0 amide bonds. The molecule has 0 saturated carbocycles. The maximum Gasteiger partial charge on any atom is 0.348 e. The van der Waals surface area contributed by atoms with Crippen LogP contribution < -0.4 is 14.2 Å². The van der Waals surface area contributed by atoms with Gasteiger partial charge >= 0.3 is 5.97 Å². The summed E-state index contributed by atoms with van der Waals surface area (Å²) in [7, 11) is 3.04. The van der Waals surface area contributed by atoms with Gasteiger partial charge in [0, 0.05) is 21.5 Å². The molecule has 0 saturated heterocycles. The first-order chi connectivity index (χ1) is 19.0. The smallest absolute Gasteiger partial charge is 0.348 e. The highest BCUT2D eigenvalue weighted by molar-refractivity contribution is 6.30. The summed E-state index contributed by atoms with van der Waals surface area (Å²) in [5, 5.41) is 1.13. The van der Waals surface area contributed by atoms with Crippen molar-refractivity contribution in [3.63, 3.8) is 0 Å². The van der Waals surface area contributed by atoms with Gasteiger partial charge in [-0.1, -0.05) is 54.1 Å². The third kappa shape index (κ3) is 5.56. The Labute approximate surface area is 230 Å². The molecule has 194 valence electrons. The number of methoxy groups -OCH3 is 2. The van der Waals surface area contributed by atoms with Crippen LogP contribution in [-0.4, -0.2) is 26.0 Å². The summed E-state index contributed by atoms with van der Waals surface area (Å²) in [6.45, 7) is 0. The number of benzene rings is 4. The average molecular weight is 539 g/mol. The minimum atomic E-state index is -0.611. The Balaban J connectivity index is 1.45. The van der Waals surface area contributed by atoms with Crippen molar-refractivity contribution < 1.29 is 28.2 Å². The van der Waals surface area contributed by atoms with E-state index in [0.29, 0.717) is 44.4 Å². The van der Waals surface area contributed by atoms with Gasteiger partial charge in [-0.25, -0.2) is 4.79 Å². The molecular formula is C32H23ClO6. The van der Waals surface area contributed by atoms with Gasteiger partial charge in [-0.2, -0.15) is 0 Å². The number of hydrogen-bond acceptors (Lipinski definition) is 6. The molecule has 0 aliphatic carbocycles. The normalized spacial score (nSPS) is 11.1. The SMILES string of the molecule is COc1ccc2oc(-c3ccccc3)c(C(=O)Oc3ccc(/C=C/C(=O)c4ccc(Cl)cc4)cc3OC)c2c1. The lowest BCUT2D eigenvalue weighted by Crippen LogP contribution is -2.10. The number of carbonyl (C=O) groups excluding carboxylic acids is 2. The maximum absolute atomic E-state index is 13.6. The molecule has 0 bridgehead atoms. The predicted molar refractivity (Wildman–Crippen MR) is 151 cm³/mol. The van der Waals surface area contributed by atoms with Crippen LogP contribution in [0.5, 0.6) is 17.2 Å². The number of ether oxygens (including phenoxy) is 3. The van der Waals surface area contributed by atoms with Crippen LogP contribution in [0.15, 0.2) is 101 Å². The van der Waals surface area contributed by atoms with Crippen molar-refractivity contribution in [2.75, 3.05) is 14.2 Å². The van der Waals surface area contributed by atoms with Crippen LogP contribution in [0.1, 0.15) is 26.3 Å².